The Morgan fingerprint density at radius 1 is 1.57 bits per heavy atom. The van der Waals surface area contributed by atoms with Crippen LogP contribution in [0.15, 0.2) is 11.4 Å². The van der Waals surface area contributed by atoms with E-state index in [-0.39, 0.29) is 0 Å². The van der Waals surface area contributed by atoms with E-state index in [4.69, 9.17) is 10.9 Å². The van der Waals surface area contributed by atoms with Gasteiger partial charge >= 0.3 is 0 Å². The van der Waals surface area contributed by atoms with Gasteiger partial charge in [0.25, 0.3) is 0 Å². The lowest BCUT2D eigenvalue weighted by molar-refractivity contribution is 0.197. The summed E-state index contributed by atoms with van der Waals surface area (Å²) in [6.45, 7) is 3.61. The van der Waals surface area contributed by atoms with Crippen LogP contribution >= 0.6 is 0 Å². The van der Waals surface area contributed by atoms with E-state index in [9.17, 15) is 0 Å². The summed E-state index contributed by atoms with van der Waals surface area (Å²) in [4.78, 5) is 0. The largest absolute Gasteiger partial charge is 0.384 e. The van der Waals surface area contributed by atoms with Crippen LogP contribution in [-0.4, -0.2) is 5.21 Å². The molecular formula is C4H10N2O. The van der Waals surface area contributed by atoms with Crippen LogP contribution in [0.2, 0.25) is 0 Å². The molecule has 3 heteroatoms. The van der Waals surface area contributed by atoms with Crippen LogP contribution in [0.5, 0.6) is 0 Å². The summed E-state index contributed by atoms with van der Waals surface area (Å²) in [7, 11) is 0. The van der Waals surface area contributed by atoms with Gasteiger partial charge in [0.05, 0.1) is 0 Å². The monoisotopic (exact) mass is 102 g/mol. The van der Waals surface area contributed by atoms with Crippen LogP contribution in [-0.2, 0) is 0 Å². The Bertz CT molecular complexity index is 83.7. The van der Waals surface area contributed by atoms with Crippen molar-refractivity contribution in [3.63, 3.8) is 0 Å². The Hall–Kier alpha value is -0.700. The Morgan fingerprint density at radius 2 is 2.00 bits per heavy atom. The second-order valence-electron chi connectivity index (χ2n) is 1.53. The molecule has 0 saturated heterocycles. The zero-order valence-corrected chi connectivity index (χ0v) is 4.52. The van der Waals surface area contributed by atoms with E-state index in [1.54, 1.807) is 13.8 Å². The number of rotatable bonds is 1. The number of hydrogen-bond acceptors (Lipinski definition) is 3. The summed E-state index contributed by atoms with van der Waals surface area (Å²) < 4.78 is 0. The molecule has 0 aliphatic rings. The summed E-state index contributed by atoms with van der Waals surface area (Å²) in [6.07, 6.45) is 0. The number of hydroxylamine groups is 1. The minimum absolute atomic E-state index is 0.319. The number of nitrogens with two attached hydrogens (primary N) is 1. The smallest absolute Gasteiger partial charge is 0.119 e. The van der Waals surface area contributed by atoms with Gasteiger partial charge in [0, 0.05) is 0 Å². The van der Waals surface area contributed by atoms with Gasteiger partial charge in [-0.2, -0.15) is 0 Å². The van der Waals surface area contributed by atoms with Crippen LogP contribution in [0.3, 0.4) is 0 Å². The second-order valence-corrected chi connectivity index (χ2v) is 1.53. The van der Waals surface area contributed by atoms with Crippen molar-refractivity contribution in [1.29, 1.82) is 0 Å². The highest BCUT2D eigenvalue weighted by molar-refractivity contribution is 5.00. The van der Waals surface area contributed by atoms with Crippen molar-refractivity contribution in [2.24, 2.45) is 5.73 Å². The van der Waals surface area contributed by atoms with E-state index in [0.29, 0.717) is 5.82 Å². The van der Waals surface area contributed by atoms with Gasteiger partial charge in [-0.3, -0.25) is 10.7 Å². The van der Waals surface area contributed by atoms with Crippen molar-refractivity contribution in [2.45, 2.75) is 13.8 Å². The zero-order chi connectivity index (χ0) is 5.86. The van der Waals surface area contributed by atoms with Crippen molar-refractivity contribution in [3.8, 4) is 0 Å². The van der Waals surface area contributed by atoms with E-state index in [2.05, 4.69) is 0 Å². The van der Waals surface area contributed by atoms with Crippen LogP contribution in [0.1, 0.15) is 13.8 Å². The summed E-state index contributed by atoms with van der Waals surface area (Å²) >= 11 is 0. The van der Waals surface area contributed by atoms with Crippen molar-refractivity contribution in [3.05, 3.63) is 11.4 Å². The molecule has 0 heterocycles. The molecule has 0 saturated carbocycles. The molecule has 0 aliphatic heterocycles. The van der Waals surface area contributed by atoms with Crippen molar-refractivity contribution in [2.75, 3.05) is 0 Å². The van der Waals surface area contributed by atoms with E-state index in [0.717, 1.165) is 5.57 Å². The maximum Gasteiger partial charge on any atom is 0.119 e. The molecule has 0 aliphatic carbocycles. The van der Waals surface area contributed by atoms with E-state index in [1.807, 2.05) is 5.48 Å². The number of allylic oxidation sites excluding steroid dienone is 1. The number of nitrogens with one attached hydrogen (secondary N) is 1. The molecule has 0 bridgehead atoms. The lowest BCUT2D eigenvalue weighted by atomic mass is 10.4. The van der Waals surface area contributed by atoms with Gasteiger partial charge in [-0.05, 0) is 19.4 Å². The average molecular weight is 102 g/mol. The normalized spacial score (nSPS) is 7.86. The quantitative estimate of drug-likeness (QED) is 0.414. The molecular weight excluding hydrogens is 92.1 g/mol. The fourth-order valence-corrected chi connectivity index (χ4v) is 0.112. The van der Waals surface area contributed by atoms with Crippen molar-refractivity contribution in [1.82, 2.24) is 5.48 Å². The summed E-state index contributed by atoms with van der Waals surface area (Å²) in [5, 5.41) is 8.07. The van der Waals surface area contributed by atoms with E-state index >= 15 is 0 Å². The van der Waals surface area contributed by atoms with Gasteiger partial charge in [-0.15, -0.1) is 0 Å². The van der Waals surface area contributed by atoms with Crippen molar-refractivity contribution < 1.29 is 5.21 Å². The predicted octanol–water partition coefficient (Wildman–Crippen LogP) is 0.175. The Morgan fingerprint density at radius 3 is 2.00 bits per heavy atom. The van der Waals surface area contributed by atoms with Crippen LogP contribution in [0.4, 0.5) is 0 Å². The van der Waals surface area contributed by atoms with Crippen LogP contribution < -0.4 is 11.2 Å². The number of hydrogen-bond donors (Lipinski definition) is 3. The predicted molar refractivity (Wildman–Crippen MR) is 27.5 cm³/mol. The SMILES string of the molecule is CC(C)=C(N)NO. The fraction of sp³-hybridized carbons (Fsp3) is 0.500. The fourth-order valence-electron chi connectivity index (χ4n) is 0.112. The Labute approximate surface area is 42.8 Å². The molecule has 0 unspecified atom stereocenters. The third-order valence-electron chi connectivity index (χ3n) is 0.659. The highest BCUT2D eigenvalue weighted by Crippen LogP contribution is 1.87. The minimum atomic E-state index is 0.319. The first-order valence-electron chi connectivity index (χ1n) is 2.01. The van der Waals surface area contributed by atoms with E-state index in [1.165, 1.54) is 0 Å². The first kappa shape index (κ1) is 6.30. The molecule has 0 radical (unpaired) electrons. The molecule has 0 fully saturated rings. The highest BCUT2D eigenvalue weighted by Gasteiger charge is 1.83. The molecule has 0 spiro atoms. The topological polar surface area (TPSA) is 58.3 Å². The van der Waals surface area contributed by atoms with Gasteiger partial charge in [0.1, 0.15) is 5.82 Å². The maximum atomic E-state index is 8.07. The third kappa shape index (κ3) is 2.05. The lowest BCUT2D eigenvalue weighted by Crippen LogP contribution is -2.16. The minimum Gasteiger partial charge on any atom is -0.384 e. The molecule has 0 aromatic carbocycles. The Kier molecular flexibility index (Phi) is 2.22. The second kappa shape index (κ2) is 2.47. The average Bonchev–Trinajstić information content (AvgIpc) is 1.65. The third-order valence-corrected chi connectivity index (χ3v) is 0.659. The first-order valence-corrected chi connectivity index (χ1v) is 2.01. The summed E-state index contributed by atoms with van der Waals surface area (Å²) in [6, 6.07) is 0. The standard InChI is InChI=1S/C4H10N2O/c1-3(2)4(5)6-7/h6-7H,5H2,1-2H3. The summed E-state index contributed by atoms with van der Waals surface area (Å²) in [5.74, 6) is 0.319. The van der Waals surface area contributed by atoms with Gasteiger partial charge in [-0.1, -0.05) is 0 Å². The molecule has 42 valence electrons. The molecule has 7 heavy (non-hydrogen) atoms. The maximum absolute atomic E-state index is 8.07. The molecule has 0 rings (SSSR count). The van der Waals surface area contributed by atoms with Gasteiger partial charge in [-0.25, -0.2) is 0 Å². The molecule has 4 N–H and O–H groups in total. The van der Waals surface area contributed by atoms with Crippen molar-refractivity contribution >= 4 is 0 Å². The molecule has 0 aromatic heterocycles. The highest BCUT2D eigenvalue weighted by atomic mass is 16.5. The van der Waals surface area contributed by atoms with Crippen LogP contribution in [0, 0.1) is 0 Å². The van der Waals surface area contributed by atoms with Gasteiger partial charge in [0.2, 0.25) is 0 Å². The Balaban J connectivity index is 3.72. The molecule has 0 amide bonds. The summed E-state index contributed by atoms with van der Waals surface area (Å²) in [5.41, 5.74) is 7.83. The molecule has 0 atom stereocenters. The first-order chi connectivity index (χ1) is 3.18. The van der Waals surface area contributed by atoms with Gasteiger partial charge in [0.15, 0.2) is 0 Å². The van der Waals surface area contributed by atoms with Gasteiger partial charge < -0.3 is 5.73 Å². The zero-order valence-electron chi connectivity index (χ0n) is 4.52. The lowest BCUT2D eigenvalue weighted by Gasteiger charge is -1.97. The molecule has 0 aromatic rings. The molecule has 3 nitrogen and oxygen atoms in total. The van der Waals surface area contributed by atoms with E-state index < -0.39 is 0 Å². The van der Waals surface area contributed by atoms with Crippen LogP contribution in [0.25, 0.3) is 0 Å².